The lowest BCUT2D eigenvalue weighted by molar-refractivity contribution is 0.204. The molecule has 19 heavy (non-hydrogen) atoms. The van der Waals surface area contributed by atoms with Gasteiger partial charge in [-0.05, 0) is 6.92 Å². The van der Waals surface area contributed by atoms with Crippen LogP contribution >= 0.6 is 0 Å². The second kappa shape index (κ2) is 4.17. The SMILES string of the molecule is Cc1nn(C)cc1S(=O)(=O)N1CC(n2ccnc2)C1. The Hall–Kier alpha value is -1.67. The quantitative estimate of drug-likeness (QED) is 0.804. The van der Waals surface area contributed by atoms with E-state index in [4.69, 9.17) is 0 Å². The van der Waals surface area contributed by atoms with Crippen LogP contribution in [0.1, 0.15) is 11.7 Å². The summed E-state index contributed by atoms with van der Waals surface area (Å²) in [5, 5.41) is 4.08. The Balaban J connectivity index is 1.79. The number of sulfonamides is 1. The first kappa shape index (κ1) is 12.4. The second-order valence-corrected chi connectivity index (χ2v) is 6.64. The molecule has 0 spiro atoms. The lowest BCUT2D eigenvalue weighted by Gasteiger charge is -2.38. The molecule has 2 aromatic rings. The number of hydrogen-bond donors (Lipinski definition) is 0. The summed E-state index contributed by atoms with van der Waals surface area (Å²) in [5.74, 6) is 0. The Morgan fingerprint density at radius 3 is 2.63 bits per heavy atom. The first-order valence-corrected chi connectivity index (χ1v) is 7.40. The van der Waals surface area contributed by atoms with Gasteiger partial charge in [0, 0.05) is 38.7 Å². The van der Waals surface area contributed by atoms with Gasteiger partial charge in [0.25, 0.3) is 0 Å². The van der Waals surface area contributed by atoms with E-state index in [2.05, 4.69) is 10.1 Å². The van der Waals surface area contributed by atoms with Gasteiger partial charge in [-0.3, -0.25) is 4.68 Å². The van der Waals surface area contributed by atoms with E-state index in [0.29, 0.717) is 23.7 Å². The number of nitrogens with zero attached hydrogens (tertiary/aromatic N) is 5. The molecule has 1 fully saturated rings. The highest BCUT2D eigenvalue weighted by Crippen LogP contribution is 2.28. The number of aromatic nitrogens is 4. The van der Waals surface area contributed by atoms with Crippen molar-refractivity contribution in [3.8, 4) is 0 Å². The average molecular weight is 281 g/mol. The number of hydrogen-bond acceptors (Lipinski definition) is 4. The van der Waals surface area contributed by atoms with Crippen LogP contribution < -0.4 is 0 Å². The molecule has 1 saturated heterocycles. The Bertz CT molecular complexity index is 683. The molecule has 2 aromatic heterocycles. The largest absolute Gasteiger partial charge is 0.332 e. The Kier molecular flexibility index (Phi) is 2.72. The van der Waals surface area contributed by atoms with Crippen LogP contribution in [-0.4, -0.2) is 45.1 Å². The third-order valence-corrected chi connectivity index (χ3v) is 5.30. The van der Waals surface area contributed by atoms with E-state index in [0.717, 1.165) is 0 Å². The van der Waals surface area contributed by atoms with Gasteiger partial charge in [-0.1, -0.05) is 0 Å². The first-order chi connectivity index (χ1) is 8.98. The fourth-order valence-electron chi connectivity index (χ4n) is 2.26. The third-order valence-electron chi connectivity index (χ3n) is 3.36. The summed E-state index contributed by atoms with van der Waals surface area (Å²) in [6.45, 7) is 2.67. The van der Waals surface area contributed by atoms with E-state index in [9.17, 15) is 8.42 Å². The molecule has 0 atom stereocenters. The highest BCUT2D eigenvalue weighted by Gasteiger charge is 2.38. The molecule has 8 heteroatoms. The van der Waals surface area contributed by atoms with Crippen molar-refractivity contribution in [2.75, 3.05) is 13.1 Å². The van der Waals surface area contributed by atoms with Crippen molar-refractivity contribution >= 4 is 10.0 Å². The molecule has 1 aliphatic rings. The smallest absolute Gasteiger partial charge is 0.246 e. The zero-order chi connectivity index (χ0) is 13.6. The third kappa shape index (κ3) is 1.96. The van der Waals surface area contributed by atoms with E-state index in [1.165, 1.54) is 8.99 Å². The van der Waals surface area contributed by atoms with Crippen LogP contribution in [0.4, 0.5) is 0 Å². The summed E-state index contributed by atoms with van der Waals surface area (Å²) in [5.41, 5.74) is 0.536. The van der Waals surface area contributed by atoms with Gasteiger partial charge in [0.2, 0.25) is 10.0 Å². The fraction of sp³-hybridized carbons (Fsp3) is 0.455. The van der Waals surface area contributed by atoms with Crippen LogP contribution in [0.2, 0.25) is 0 Å². The summed E-state index contributed by atoms with van der Waals surface area (Å²) in [6, 6.07) is 0.175. The van der Waals surface area contributed by atoms with Gasteiger partial charge >= 0.3 is 0 Å². The molecular formula is C11H15N5O2S. The lowest BCUT2D eigenvalue weighted by atomic mass is 10.2. The van der Waals surface area contributed by atoms with Crippen LogP contribution in [-0.2, 0) is 17.1 Å². The van der Waals surface area contributed by atoms with Crippen molar-refractivity contribution < 1.29 is 8.42 Å². The van der Waals surface area contributed by atoms with E-state index < -0.39 is 10.0 Å². The molecular weight excluding hydrogens is 266 g/mol. The molecule has 0 aromatic carbocycles. The van der Waals surface area contributed by atoms with Crippen molar-refractivity contribution in [3.63, 3.8) is 0 Å². The van der Waals surface area contributed by atoms with Gasteiger partial charge < -0.3 is 4.57 Å². The van der Waals surface area contributed by atoms with E-state index in [-0.39, 0.29) is 6.04 Å². The van der Waals surface area contributed by atoms with Gasteiger partial charge in [0.1, 0.15) is 4.90 Å². The van der Waals surface area contributed by atoms with Crippen molar-refractivity contribution in [3.05, 3.63) is 30.6 Å². The summed E-state index contributed by atoms with van der Waals surface area (Å²) >= 11 is 0. The molecule has 0 amide bonds. The van der Waals surface area contributed by atoms with Crippen LogP contribution in [0, 0.1) is 6.92 Å². The van der Waals surface area contributed by atoms with Crippen LogP contribution in [0.5, 0.6) is 0 Å². The molecule has 0 N–H and O–H groups in total. The summed E-state index contributed by atoms with van der Waals surface area (Å²) in [6.07, 6.45) is 6.81. The molecule has 7 nitrogen and oxygen atoms in total. The predicted octanol–water partition coefficient (Wildman–Crippen LogP) is 0.171. The lowest BCUT2D eigenvalue weighted by Crippen LogP contribution is -2.50. The highest BCUT2D eigenvalue weighted by molar-refractivity contribution is 7.89. The standard InChI is InChI=1S/C11H15N5O2S/c1-9-11(7-14(2)13-9)19(17,18)16-5-10(6-16)15-4-3-12-8-15/h3-4,7-8,10H,5-6H2,1-2H3. The zero-order valence-corrected chi connectivity index (χ0v) is 11.6. The van der Waals surface area contributed by atoms with Crippen LogP contribution in [0.15, 0.2) is 29.8 Å². The molecule has 0 bridgehead atoms. The van der Waals surface area contributed by atoms with Gasteiger partial charge in [0.15, 0.2) is 0 Å². The minimum Gasteiger partial charge on any atom is -0.332 e. The summed E-state index contributed by atoms with van der Waals surface area (Å²) in [4.78, 5) is 4.26. The van der Waals surface area contributed by atoms with Crippen molar-refractivity contribution in [2.24, 2.45) is 7.05 Å². The topological polar surface area (TPSA) is 73.0 Å². The Morgan fingerprint density at radius 2 is 2.11 bits per heavy atom. The predicted molar refractivity (Wildman–Crippen MR) is 68.0 cm³/mol. The van der Waals surface area contributed by atoms with E-state index >= 15 is 0 Å². The first-order valence-electron chi connectivity index (χ1n) is 5.96. The van der Waals surface area contributed by atoms with Crippen molar-refractivity contribution in [1.82, 2.24) is 23.6 Å². The van der Waals surface area contributed by atoms with Crippen LogP contribution in [0.3, 0.4) is 0 Å². The van der Waals surface area contributed by atoms with Gasteiger partial charge in [-0.15, -0.1) is 0 Å². The summed E-state index contributed by atoms with van der Waals surface area (Å²) in [7, 11) is -1.70. The van der Waals surface area contributed by atoms with Crippen LogP contribution in [0.25, 0.3) is 0 Å². The fourth-order valence-corrected chi connectivity index (χ4v) is 3.97. The Labute approximate surface area is 111 Å². The minimum absolute atomic E-state index is 0.175. The number of imidazole rings is 1. The molecule has 0 radical (unpaired) electrons. The monoisotopic (exact) mass is 281 g/mol. The maximum atomic E-state index is 12.4. The molecule has 3 rings (SSSR count). The zero-order valence-electron chi connectivity index (χ0n) is 10.8. The van der Waals surface area contributed by atoms with E-state index in [1.807, 2.05) is 10.8 Å². The molecule has 102 valence electrons. The molecule has 0 saturated carbocycles. The molecule has 3 heterocycles. The minimum atomic E-state index is -3.42. The maximum Gasteiger partial charge on any atom is 0.246 e. The van der Waals surface area contributed by atoms with Gasteiger partial charge in [-0.2, -0.15) is 9.40 Å². The normalized spacial score (nSPS) is 17.6. The highest BCUT2D eigenvalue weighted by atomic mass is 32.2. The molecule has 1 aliphatic heterocycles. The van der Waals surface area contributed by atoms with Crippen molar-refractivity contribution in [1.29, 1.82) is 0 Å². The molecule has 0 unspecified atom stereocenters. The summed E-state index contributed by atoms with van der Waals surface area (Å²) < 4.78 is 29.8. The number of rotatable bonds is 3. The van der Waals surface area contributed by atoms with Crippen molar-refractivity contribution in [2.45, 2.75) is 17.9 Å². The Morgan fingerprint density at radius 1 is 1.37 bits per heavy atom. The number of aryl methyl sites for hydroxylation is 2. The second-order valence-electron chi connectivity index (χ2n) is 4.74. The molecule has 0 aliphatic carbocycles. The average Bonchev–Trinajstić information content (AvgIpc) is 2.86. The van der Waals surface area contributed by atoms with Gasteiger partial charge in [0.05, 0.1) is 18.1 Å². The van der Waals surface area contributed by atoms with Gasteiger partial charge in [-0.25, -0.2) is 13.4 Å². The maximum absolute atomic E-state index is 12.4. The van der Waals surface area contributed by atoms with E-state index in [1.54, 1.807) is 32.7 Å².